The van der Waals surface area contributed by atoms with Gasteiger partial charge in [0.05, 0.1) is 0 Å². The molecule has 0 bridgehead atoms. The second-order valence-corrected chi connectivity index (χ2v) is 4.09. The number of alkyl halides is 1. The topological polar surface area (TPSA) is 12.0 Å². The van der Waals surface area contributed by atoms with Gasteiger partial charge < -0.3 is 5.32 Å². The van der Waals surface area contributed by atoms with E-state index < -0.39 is 0 Å². The van der Waals surface area contributed by atoms with E-state index in [-0.39, 0.29) is 0 Å². The van der Waals surface area contributed by atoms with Gasteiger partial charge in [-0.1, -0.05) is 39.7 Å². The Morgan fingerprint density at radius 2 is 2.08 bits per heavy atom. The molecule has 0 heterocycles. The molecule has 0 amide bonds. The largest absolute Gasteiger partial charge is 0.312 e. The summed E-state index contributed by atoms with van der Waals surface area (Å²) < 4.78 is 0. The number of benzene rings is 1. The third kappa shape index (κ3) is 3.49. The van der Waals surface area contributed by atoms with E-state index in [4.69, 9.17) is 0 Å². The van der Waals surface area contributed by atoms with E-state index in [1.807, 2.05) is 0 Å². The van der Waals surface area contributed by atoms with Crippen LogP contribution < -0.4 is 5.32 Å². The maximum Gasteiger partial charge on any atom is 0.0208 e. The van der Waals surface area contributed by atoms with Gasteiger partial charge in [-0.3, -0.25) is 0 Å². The average molecular weight is 242 g/mol. The predicted octanol–water partition coefficient (Wildman–Crippen LogP) is 2.79. The summed E-state index contributed by atoms with van der Waals surface area (Å²) in [4.78, 5) is 0. The van der Waals surface area contributed by atoms with Crippen LogP contribution in [0.15, 0.2) is 18.2 Å². The molecule has 1 aromatic rings. The molecule has 2 heteroatoms. The van der Waals surface area contributed by atoms with Crippen molar-refractivity contribution in [2.45, 2.75) is 20.4 Å². The number of hydrogen-bond donors (Lipinski definition) is 1. The molecule has 0 unspecified atom stereocenters. The zero-order valence-corrected chi connectivity index (χ0v) is 9.82. The summed E-state index contributed by atoms with van der Waals surface area (Å²) >= 11 is 3.39. The highest BCUT2D eigenvalue weighted by Crippen LogP contribution is 2.09. The Hall–Kier alpha value is -0.340. The van der Waals surface area contributed by atoms with E-state index in [1.54, 1.807) is 0 Å². The molecule has 0 aliphatic heterocycles. The van der Waals surface area contributed by atoms with Crippen LogP contribution in [0.4, 0.5) is 0 Å². The molecule has 0 radical (unpaired) electrons. The van der Waals surface area contributed by atoms with Crippen LogP contribution in [-0.4, -0.2) is 11.9 Å². The Balaban J connectivity index is 2.59. The molecule has 0 saturated carbocycles. The molecular weight excluding hydrogens is 226 g/mol. The van der Waals surface area contributed by atoms with Crippen molar-refractivity contribution >= 4 is 15.9 Å². The Bertz CT molecular complexity index is 271. The third-order valence-electron chi connectivity index (χ3n) is 2.09. The summed E-state index contributed by atoms with van der Waals surface area (Å²) in [5, 5.41) is 4.38. The molecular formula is C11H16BrN. The normalized spacial score (nSPS) is 10.4. The van der Waals surface area contributed by atoms with Gasteiger partial charge in [0, 0.05) is 18.4 Å². The van der Waals surface area contributed by atoms with Crippen molar-refractivity contribution in [1.82, 2.24) is 5.32 Å². The SMILES string of the molecule is Cc1ccc(C)c(CNCCBr)c1. The quantitative estimate of drug-likeness (QED) is 0.632. The first-order valence-electron chi connectivity index (χ1n) is 4.57. The second kappa shape index (κ2) is 5.40. The van der Waals surface area contributed by atoms with E-state index in [0.717, 1.165) is 18.4 Å². The van der Waals surface area contributed by atoms with E-state index in [2.05, 4.69) is 53.3 Å². The van der Waals surface area contributed by atoms with Crippen molar-refractivity contribution in [3.63, 3.8) is 0 Å². The minimum atomic E-state index is 0.971. The molecule has 72 valence electrons. The van der Waals surface area contributed by atoms with Gasteiger partial charge >= 0.3 is 0 Å². The highest BCUT2D eigenvalue weighted by Gasteiger charge is 1.97. The van der Waals surface area contributed by atoms with E-state index in [9.17, 15) is 0 Å². The standard InChI is InChI=1S/C11H16BrN/c1-9-3-4-10(2)11(7-9)8-13-6-5-12/h3-4,7,13H,5-6,8H2,1-2H3. The third-order valence-corrected chi connectivity index (χ3v) is 2.49. The second-order valence-electron chi connectivity index (χ2n) is 3.30. The van der Waals surface area contributed by atoms with Gasteiger partial charge in [-0.25, -0.2) is 0 Å². The number of hydrogen-bond acceptors (Lipinski definition) is 1. The highest BCUT2D eigenvalue weighted by atomic mass is 79.9. The van der Waals surface area contributed by atoms with Gasteiger partial charge in [0.1, 0.15) is 0 Å². The molecule has 0 atom stereocenters. The summed E-state index contributed by atoms with van der Waals surface area (Å²) in [6, 6.07) is 6.58. The van der Waals surface area contributed by atoms with Crippen molar-refractivity contribution in [1.29, 1.82) is 0 Å². The van der Waals surface area contributed by atoms with E-state index >= 15 is 0 Å². The lowest BCUT2D eigenvalue weighted by atomic mass is 10.1. The van der Waals surface area contributed by atoms with Crippen LogP contribution in [-0.2, 0) is 6.54 Å². The number of rotatable bonds is 4. The molecule has 0 aliphatic rings. The van der Waals surface area contributed by atoms with E-state index in [1.165, 1.54) is 16.7 Å². The van der Waals surface area contributed by atoms with Crippen LogP contribution in [0.5, 0.6) is 0 Å². The number of aryl methyl sites for hydroxylation is 2. The molecule has 0 saturated heterocycles. The molecule has 1 aromatic carbocycles. The van der Waals surface area contributed by atoms with Crippen LogP contribution in [0.1, 0.15) is 16.7 Å². The molecule has 1 N–H and O–H groups in total. The summed E-state index contributed by atoms with van der Waals surface area (Å²) in [6.07, 6.45) is 0. The first kappa shape index (κ1) is 10.7. The maximum absolute atomic E-state index is 3.39. The minimum absolute atomic E-state index is 0.971. The smallest absolute Gasteiger partial charge is 0.0208 e. The number of nitrogens with one attached hydrogen (secondary N) is 1. The number of halogens is 1. The molecule has 13 heavy (non-hydrogen) atoms. The van der Waals surface area contributed by atoms with Crippen LogP contribution in [0.2, 0.25) is 0 Å². The summed E-state index contributed by atoms with van der Waals surface area (Å²) in [7, 11) is 0. The van der Waals surface area contributed by atoms with Gasteiger partial charge in [-0.15, -0.1) is 0 Å². The first-order valence-corrected chi connectivity index (χ1v) is 5.69. The van der Waals surface area contributed by atoms with Crippen molar-refractivity contribution < 1.29 is 0 Å². The van der Waals surface area contributed by atoms with Crippen molar-refractivity contribution in [2.24, 2.45) is 0 Å². The predicted molar refractivity (Wildman–Crippen MR) is 61.4 cm³/mol. The van der Waals surface area contributed by atoms with Gasteiger partial charge in [0.15, 0.2) is 0 Å². The monoisotopic (exact) mass is 241 g/mol. The van der Waals surface area contributed by atoms with Crippen LogP contribution in [0.25, 0.3) is 0 Å². The summed E-state index contributed by atoms with van der Waals surface area (Å²) in [6.45, 7) is 6.28. The van der Waals surface area contributed by atoms with Crippen molar-refractivity contribution in [3.8, 4) is 0 Å². The highest BCUT2D eigenvalue weighted by molar-refractivity contribution is 9.09. The Labute approximate surface area is 88.7 Å². The lowest BCUT2D eigenvalue weighted by Gasteiger charge is -2.07. The zero-order chi connectivity index (χ0) is 9.68. The molecule has 0 aromatic heterocycles. The van der Waals surface area contributed by atoms with Gasteiger partial charge in [0.25, 0.3) is 0 Å². The minimum Gasteiger partial charge on any atom is -0.312 e. The first-order chi connectivity index (χ1) is 6.24. The summed E-state index contributed by atoms with van der Waals surface area (Å²) in [5.74, 6) is 0. The van der Waals surface area contributed by atoms with Crippen LogP contribution in [0, 0.1) is 13.8 Å². The Kier molecular flexibility index (Phi) is 4.46. The average Bonchev–Trinajstić information content (AvgIpc) is 2.11. The molecule has 0 spiro atoms. The van der Waals surface area contributed by atoms with Gasteiger partial charge in [-0.2, -0.15) is 0 Å². The Morgan fingerprint density at radius 1 is 1.31 bits per heavy atom. The fourth-order valence-electron chi connectivity index (χ4n) is 1.28. The Morgan fingerprint density at radius 3 is 2.77 bits per heavy atom. The zero-order valence-electron chi connectivity index (χ0n) is 8.23. The molecule has 1 rings (SSSR count). The summed E-state index contributed by atoms with van der Waals surface area (Å²) in [5.41, 5.74) is 4.11. The molecule has 0 fully saturated rings. The van der Waals surface area contributed by atoms with Crippen LogP contribution in [0.3, 0.4) is 0 Å². The lowest BCUT2D eigenvalue weighted by Crippen LogP contribution is -2.16. The lowest BCUT2D eigenvalue weighted by molar-refractivity contribution is 0.730. The van der Waals surface area contributed by atoms with Gasteiger partial charge in [0.2, 0.25) is 0 Å². The molecule has 1 nitrogen and oxygen atoms in total. The van der Waals surface area contributed by atoms with Crippen molar-refractivity contribution in [2.75, 3.05) is 11.9 Å². The molecule has 0 aliphatic carbocycles. The van der Waals surface area contributed by atoms with E-state index in [0.29, 0.717) is 0 Å². The fourth-order valence-corrected chi connectivity index (χ4v) is 1.56. The maximum atomic E-state index is 3.39. The van der Waals surface area contributed by atoms with Gasteiger partial charge in [-0.05, 0) is 25.0 Å². The van der Waals surface area contributed by atoms with Crippen molar-refractivity contribution in [3.05, 3.63) is 34.9 Å². The van der Waals surface area contributed by atoms with Crippen LogP contribution >= 0.6 is 15.9 Å². The fraction of sp³-hybridized carbons (Fsp3) is 0.455.